The van der Waals surface area contributed by atoms with Crippen molar-refractivity contribution in [3.63, 3.8) is 0 Å². The second-order valence-corrected chi connectivity index (χ2v) is 7.65. The minimum atomic E-state index is -4.78. The normalized spacial score (nSPS) is 16.0. The number of amides is 1. The molecule has 1 saturated heterocycles. The first-order valence-corrected chi connectivity index (χ1v) is 10.3. The predicted molar refractivity (Wildman–Crippen MR) is 116 cm³/mol. The topological polar surface area (TPSA) is 87.6 Å². The van der Waals surface area contributed by atoms with Gasteiger partial charge in [0.25, 0.3) is 5.91 Å². The molecule has 1 aliphatic rings. The number of hydrogen-bond donors (Lipinski definition) is 2. The molecular formula is C23H21F3N4O3. The third-order valence-electron chi connectivity index (χ3n) is 5.29. The highest BCUT2D eigenvalue weighted by Crippen LogP contribution is 2.33. The fourth-order valence-corrected chi connectivity index (χ4v) is 3.69. The maximum absolute atomic E-state index is 12.8. The van der Waals surface area contributed by atoms with E-state index in [1.165, 1.54) is 18.3 Å². The van der Waals surface area contributed by atoms with Crippen molar-refractivity contribution >= 4 is 17.4 Å². The number of aliphatic hydroxyl groups excluding tert-OH is 1. The number of alkyl halides is 3. The van der Waals surface area contributed by atoms with Crippen molar-refractivity contribution in [1.82, 2.24) is 9.97 Å². The van der Waals surface area contributed by atoms with E-state index in [0.29, 0.717) is 18.1 Å². The fourth-order valence-electron chi connectivity index (χ4n) is 3.69. The maximum Gasteiger partial charge on any atom is 0.573 e. The second-order valence-electron chi connectivity index (χ2n) is 7.65. The van der Waals surface area contributed by atoms with E-state index >= 15 is 0 Å². The number of aromatic nitrogens is 2. The van der Waals surface area contributed by atoms with Crippen molar-refractivity contribution in [3.8, 4) is 16.9 Å². The van der Waals surface area contributed by atoms with Gasteiger partial charge in [-0.2, -0.15) is 0 Å². The van der Waals surface area contributed by atoms with Crippen LogP contribution >= 0.6 is 0 Å². The van der Waals surface area contributed by atoms with Crippen LogP contribution in [0.2, 0.25) is 0 Å². The Kier molecular flexibility index (Phi) is 6.45. The molecule has 4 rings (SSSR count). The third-order valence-corrected chi connectivity index (χ3v) is 5.29. The number of nitrogens with one attached hydrogen (secondary N) is 1. The van der Waals surface area contributed by atoms with Crippen molar-refractivity contribution < 1.29 is 27.8 Å². The van der Waals surface area contributed by atoms with Crippen molar-refractivity contribution in [3.05, 3.63) is 66.6 Å². The SMILES string of the molecule is O=C(Nc1ccc(OC(F)(F)F)cc1)c1cnc(N2CC[C@H](CO)C2)c(-c2cccnc2)c1. The van der Waals surface area contributed by atoms with Gasteiger partial charge in [0.05, 0.1) is 5.56 Å². The monoisotopic (exact) mass is 458 g/mol. The van der Waals surface area contributed by atoms with Gasteiger partial charge in [-0.05, 0) is 42.8 Å². The summed E-state index contributed by atoms with van der Waals surface area (Å²) in [6.45, 7) is 1.50. The molecule has 172 valence electrons. The summed E-state index contributed by atoms with van der Waals surface area (Å²) in [4.78, 5) is 23.6. The standard InChI is InChI=1S/C23H21F3N4O3/c24-23(25,26)33-19-5-3-18(4-6-19)29-22(32)17-10-20(16-2-1-8-27-11-16)21(28-12-17)30-9-7-15(13-30)14-31/h1-6,8,10-12,15,31H,7,9,13-14H2,(H,29,32)/t15-/m0/s1. The molecule has 0 aliphatic carbocycles. The van der Waals surface area contributed by atoms with E-state index in [0.717, 1.165) is 36.2 Å². The Hall–Kier alpha value is -3.66. The van der Waals surface area contributed by atoms with Crippen LogP contribution in [-0.2, 0) is 0 Å². The van der Waals surface area contributed by atoms with E-state index in [2.05, 4.69) is 24.9 Å². The summed E-state index contributed by atoms with van der Waals surface area (Å²) < 4.78 is 40.8. The number of aliphatic hydroxyl groups is 1. The van der Waals surface area contributed by atoms with Crippen LogP contribution < -0.4 is 15.0 Å². The van der Waals surface area contributed by atoms with Crippen molar-refractivity contribution in [2.24, 2.45) is 5.92 Å². The average molecular weight is 458 g/mol. The lowest BCUT2D eigenvalue weighted by Crippen LogP contribution is -2.23. The van der Waals surface area contributed by atoms with Gasteiger partial charge in [0, 0.05) is 61.0 Å². The molecule has 1 fully saturated rings. The summed E-state index contributed by atoms with van der Waals surface area (Å²) in [5, 5.41) is 12.1. The van der Waals surface area contributed by atoms with Crippen molar-refractivity contribution in [2.45, 2.75) is 12.8 Å². The Bertz CT molecular complexity index is 1110. The van der Waals surface area contributed by atoms with E-state index in [9.17, 15) is 23.1 Å². The number of carbonyl (C=O) groups excluding carboxylic acids is 1. The lowest BCUT2D eigenvalue weighted by atomic mass is 10.1. The molecule has 1 atom stereocenters. The first-order valence-electron chi connectivity index (χ1n) is 10.3. The van der Waals surface area contributed by atoms with Crippen LogP contribution in [0.15, 0.2) is 61.1 Å². The largest absolute Gasteiger partial charge is 0.573 e. The smallest absolute Gasteiger partial charge is 0.406 e. The average Bonchev–Trinajstić information content (AvgIpc) is 3.29. The molecule has 33 heavy (non-hydrogen) atoms. The molecule has 1 aromatic carbocycles. The number of nitrogens with zero attached hydrogens (tertiary/aromatic N) is 3. The van der Waals surface area contributed by atoms with Gasteiger partial charge < -0.3 is 20.1 Å². The molecule has 3 heterocycles. The zero-order valence-electron chi connectivity index (χ0n) is 17.4. The van der Waals surface area contributed by atoms with Crippen LogP contribution in [0.3, 0.4) is 0 Å². The minimum absolute atomic E-state index is 0.103. The number of pyridine rings is 2. The Balaban J connectivity index is 1.57. The van der Waals surface area contributed by atoms with E-state index in [4.69, 9.17) is 0 Å². The van der Waals surface area contributed by atoms with E-state index < -0.39 is 12.3 Å². The van der Waals surface area contributed by atoms with Gasteiger partial charge in [-0.1, -0.05) is 6.07 Å². The van der Waals surface area contributed by atoms with Crippen LogP contribution in [0.1, 0.15) is 16.8 Å². The van der Waals surface area contributed by atoms with Crippen LogP contribution in [0, 0.1) is 5.92 Å². The molecule has 0 saturated carbocycles. The highest BCUT2D eigenvalue weighted by atomic mass is 19.4. The first-order chi connectivity index (χ1) is 15.8. The maximum atomic E-state index is 12.8. The number of rotatable bonds is 6. The van der Waals surface area contributed by atoms with Gasteiger partial charge in [0.1, 0.15) is 11.6 Å². The first kappa shape index (κ1) is 22.5. The lowest BCUT2D eigenvalue weighted by molar-refractivity contribution is -0.274. The molecule has 7 nitrogen and oxygen atoms in total. The number of benzene rings is 1. The lowest BCUT2D eigenvalue weighted by Gasteiger charge is -2.21. The van der Waals surface area contributed by atoms with Crippen molar-refractivity contribution in [1.29, 1.82) is 0 Å². The number of hydrogen-bond acceptors (Lipinski definition) is 6. The molecule has 2 aromatic heterocycles. The summed E-state index contributed by atoms with van der Waals surface area (Å²) >= 11 is 0. The molecule has 0 bridgehead atoms. The number of ether oxygens (including phenoxy) is 1. The highest BCUT2D eigenvalue weighted by Gasteiger charge is 2.31. The third kappa shape index (κ3) is 5.58. The molecule has 0 radical (unpaired) electrons. The molecule has 0 unspecified atom stereocenters. The molecular weight excluding hydrogens is 437 g/mol. The van der Waals surface area contributed by atoms with Crippen LogP contribution in [0.5, 0.6) is 5.75 Å². The van der Waals surface area contributed by atoms with Crippen LogP contribution in [0.25, 0.3) is 11.1 Å². The Morgan fingerprint density at radius 2 is 2.00 bits per heavy atom. The molecule has 2 N–H and O–H groups in total. The molecule has 1 amide bonds. The zero-order valence-corrected chi connectivity index (χ0v) is 17.4. The summed E-state index contributed by atoms with van der Waals surface area (Å²) in [5.74, 6) is 0.0282. The summed E-state index contributed by atoms with van der Waals surface area (Å²) in [6, 6.07) is 10.3. The number of anilines is 2. The predicted octanol–water partition coefficient (Wildman–Crippen LogP) is 4.11. The number of carbonyl (C=O) groups is 1. The summed E-state index contributed by atoms with van der Waals surface area (Å²) in [6.07, 6.45) is 0.852. The number of halogens is 3. The van der Waals surface area contributed by atoms with E-state index in [1.54, 1.807) is 24.5 Å². The molecule has 0 spiro atoms. The van der Waals surface area contributed by atoms with Gasteiger partial charge in [-0.15, -0.1) is 13.2 Å². The van der Waals surface area contributed by atoms with E-state index in [-0.39, 0.29) is 23.8 Å². The van der Waals surface area contributed by atoms with Gasteiger partial charge in [0.2, 0.25) is 0 Å². The molecule has 10 heteroatoms. The minimum Gasteiger partial charge on any atom is -0.406 e. The summed E-state index contributed by atoms with van der Waals surface area (Å²) in [7, 11) is 0. The Labute approximate surface area is 187 Å². The van der Waals surface area contributed by atoms with Crippen LogP contribution in [0.4, 0.5) is 24.7 Å². The zero-order chi connectivity index (χ0) is 23.4. The van der Waals surface area contributed by atoms with Gasteiger partial charge in [0.15, 0.2) is 0 Å². The van der Waals surface area contributed by atoms with Gasteiger partial charge in [-0.3, -0.25) is 9.78 Å². The van der Waals surface area contributed by atoms with Gasteiger partial charge >= 0.3 is 6.36 Å². The Morgan fingerprint density at radius 1 is 1.21 bits per heavy atom. The van der Waals surface area contributed by atoms with Crippen LogP contribution in [-0.4, -0.2) is 47.0 Å². The molecule has 3 aromatic rings. The Morgan fingerprint density at radius 3 is 2.64 bits per heavy atom. The highest BCUT2D eigenvalue weighted by molar-refractivity contribution is 6.05. The fraction of sp³-hybridized carbons (Fsp3) is 0.261. The van der Waals surface area contributed by atoms with Crippen molar-refractivity contribution in [2.75, 3.05) is 29.9 Å². The summed E-state index contributed by atoms with van der Waals surface area (Å²) in [5.41, 5.74) is 2.11. The van der Waals surface area contributed by atoms with Gasteiger partial charge in [-0.25, -0.2) is 4.98 Å². The second kappa shape index (κ2) is 9.45. The van der Waals surface area contributed by atoms with E-state index in [1.807, 2.05) is 6.07 Å². The quantitative estimate of drug-likeness (QED) is 0.578. The molecule has 1 aliphatic heterocycles.